The molecule has 27 heavy (non-hydrogen) atoms. The summed E-state index contributed by atoms with van der Waals surface area (Å²) in [6.45, 7) is 0. The van der Waals surface area contributed by atoms with Crippen molar-refractivity contribution in [3.63, 3.8) is 0 Å². The highest BCUT2D eigenvalue weighted by molar-refractivity contribution is 5.94. The fourth-order valence-corrected chi connectivity index (χ4v) is 3.90. The largest absolute Gasteiger partial charge is 0.508 e. The van der Waals surface area contributed by atoms with Crippen LogP contribution in [0.4, 0.5) is 11.5 Å². The highest BCUT2D eigenvalue weighted by atomic mass is 16.3. The molecule has 0 fully saturated rings. The molecule has 0 amide bonds. The third-order valence-corrected chi connectivity index (χ3v) is 4.99. The van der Waals surface area contributed by atoms with E-state index in [1.54, 1.807) is 18.2 Å². The Bertz CT molecular complexity index is 1320. The van der Waals surface area contributed by atoms with E-state index < -0.39 is 17.2 Å². The van der Waals surface area contributed by atoms with Gasteiger partial charge in [0.15, 0.2) is 0 Å². The van der Waals surface area contributed by atoms with Crippen LogP contribution in [-0.2, 0) is 0 Å². The molecule has 0 saturated carbocycles. The van der Waals surface area contributed by atoms with Crippen molar-refractivity contribution in [3.8, 4) is 5.75 Å². The quantitative estimate of drug-likeness (QED) is 0.370. The number of phenols is 1. The zero-order chi connectivity index (χ0) is 18.5. The molecule has 6 nitrogen and oxygen atoms in total. The van der Waals surface area contributed by atoms with E-state index in [-0.39, 0.29) is 5.75 Å². The Hall–Kier alpha value is -3.80. The molecule has 5 rings (SSSR count). The predicted molar refractivity (Wildman–Crippen MR) is 104 cm³/mol. The van der Waals surface area contributed by atoms with Gasteiger partial charge >= 0.3 is 5.69 Å². The Morgan fingerprint density at radius 2 is 1.70 bits per heavy atom. The van der Waals surface area contributed by atoms with Crippen molar-refractivity contribution in [2.45, 2.75) is 5.92 Å². The second-order valence-electron chi connectivity index (χ2n) is 6.60. The summed E-state index contributed by atoms with van der Waals surface area (Å²) in [5.74, 6) is 0.0603. The first-order chi connectivity index (χ1) is 13.1. The van der Waals surface area contributed by atoms with Crippen LogP contribution in [0, 0.1) is 0 Å². The molecule has 0 saturated heterocycles. The Morgan fingerprint density at radius 1 is 0.852 bits per heavy atom. The standard InChI is InChI=1S/C21H15N3O3/c25-13-6-3-5-12(10-13)16-17-14-7-2-1-4-11(14)8-9-15(17)22-19-18(16)20(26)24-21(27)23-19/h1-10,16,25H,(H3,22,23,24,26,27). The Balaban J connectivity index is 1.92. The molecule has 1 aliphatic heterocycles. The van der Waals surface area contributed by atoms with E-state index in [0.717, 1.165) is 27.6 Å². The molecule has 3 aromatic carbocycles. The van der Waals surface area contributed by atoms with E-state index >= 15 is 0 Å². The van der Waals surface area contributed by atoms with Crippen molar-refractivity contribution >= 4 is 22.3 Å². The van der Waals surface area contributed by atoms with E-state index in [0.29, 0.717) is 11.4 Å². The molecule has 0 spiro atoms. The van der Waals surface area contributed by atoms with Crippen LogP contribution < -0.4 is 16.6 Å². The van der Waals surface area contributed by atoms with Gasteiger partial charge in [-0.3, -0.25) is 14.8 Å². The van der Waals surface area contributed by atoms with Gasteiger partial charge in [0, 0.05) is 11.6 Å². The minimum atomic E-state index is -0.565. The van der Waals surface area contributed by atoms with Gasteiger partial charge in [0.1, 0.15) is 11.6 Å². The number of anilines is 2. The highest BCUT2D eigenvalue weighted by Gasteiger charge is 2.32. The van der Waals surface area contributed by atoms with Crippen molar-refractivity contribution in [1.82, 2.24) is 9.97 Å². The summed E-state index contributed by atoms with van der Waals surface area (Å²) in [6, 6.07) is 18.7. The maximum atomic E-state index is 12.7. The van der Waals surface area contributed by atoms with Gasteiger partial charge in [0.2, 0.25) is 0 Å². The fourth-order valence-electron chi connectivity index (χ4n) is 3.90. The molecule has 6 heteroatoms. The van der Waals surface area contributed by atoms with Gasteiger partial charge in [-0.05, 0) is 40.1 Å². The summed E-state index contributed by atoms with van der Waals surface area (Å²) in [5, 5.41) is 15.3. The van der Waals surface area contributed by atoms with Crippen molar-refractivity contribution < 1.29 is 5.11 Å². The van der Waals surface area contributed by atoms with Crippen molar-refractivity contribution in [3.05, 3.63) is 98.2 Å². The number of aromatic hydroxyl groups is 1. The lowest BCUT2D eigenvalue weighted by Gasteiger charge is -2.29. The Kier molecular flexibility index (Phi) is 3.21. The van der Waals surface area contributed by atoms with Crippen LogP contribution in [0.1, 0.15) is 22.6 Å². The summed E-state index contributed by atoms with van der Waals surface area (Å²) in [5.41, 5.74) is 1.93. The van der Waals surface area contributed by atoms with Crippen molar-refractivity contribution in [2.24, 2.45) is 0 Å². The molecule has 0 radical (unpaired) electrons. The average molecular weight is 357 g/mol. The summed E-state index contributed by atoms with van der Waals surface area (Å²) < 4.78 is 0. The second kappa shape index (κ2) is 5.60. The molecular weight excluding hydrogens is 342 g/mol. The second-order valence-corrected chi connectivity index (χ2v) is 6.60. The zero-order valence-electron chi connectivity index (χ0n) is 14.1. The van der Waals surface area contributed by atoms with E-state index in [2.05, 4.69) is 15.3 Å². The van der Waals surface area contributed by atoms with Crippen LogP contribution in [0.2, 0.25) is 0 Å². The van der Waals surface area contributed by atoms with Crippen LogP contribution in [0.15, 0.2) is 70.3 Å². The minimum Gasteiger partial charge on any atom is -0.508 e. The molecule has 1 aromatic heterocycles. The average Bonchev–Trinajstić information content (AvgIpc) is 2.66. The molecule has 1 aliphatic rings. The molecule has 2 heterocycles. The zero-order valence-corrected chi connectivity index (χ0v) is 14.1. The predicted octanol–water partition coefficient (Wildman–Crippen LogP) is 3.16. The van der Waals surface area contributed by atoms with E-state index in [9.17, 15) is 14.7 Å². The monoisotopic (exact) mass is 357 g/mol. The van der Waals surface area contributed by atoms with Gasteiger partial charge in [-0.15, -0.1) is 0 Å². The molecule has 0 bridgehead atoms. The number of hydrogen-bond acceptors (Lipinski definition) is 4. The number of aromatic amines is 2. The number of phenolic OH excluding ortho intramolecular Hbond substituents is 1. The van der Waals surface area contributed by atoms with Crippen molar-refractivity contribution in [1.29, 1.82) is 0 Å². The number of nitrogens with one attached hydrogen (secondary N) is 3. The maximum absolute atomic E-state index is 12.7. The van der Waals surface area contributed by atoms with Gasteiger partial charge in [-0.25, -0.2) is 4.79 Å². The number of rotatable bonds is 1. The molecule has 1 unspecified atom stereocenters. The normalized spacial score (nSPS) is 15.0. The van der Waals surface area contributed by atoms with E-state index in [4.69, 9.17) is 0 Å². The SMILES string of the molecule is O=c1[nH]c2c(c(=O)[nH]1)C(c1cccc(O)c1)c1c(ccc3ccccc13)N2. The van der Waals surface area contributed by atoms with Gasteiger partial charge in [0.05, 0.1) is 5.56 Å². The molecule has 4 aromatic rings. The van der Waals surface area contributed by atoms with Crippen LogP contribution in [-0.4, -0.2) is 15.1 Å². The van der Waals surface area contributed by atoms with Crippen LogP contribution >= 0.6 is 0 Å². The highest BCUT2D eigenvalue weighted by Crippen LogP contribution is 2.45. The van der Waals surface area contributed by atoms with Crippen LogP contribution in [0.25, 0.3) is 10.8 Å². The van der Waals surface area contributed by atoms with Gasteiger partial charge in [-0.1, -0.05) is 42.5 Å². The Labute approximate surface area is 153 Å². The van der Waals surface area contributed by atoms with E-state index in [1.165, 1.54) is 0 Å². The minimum absolute atomic E-state index is 0.121. The van der Waals surface area contributed by atoms with Crippen LogP contribution in [0.5, 0.6) is 5.75 Å². The lowest BCUT2D eigenvalue weighted by atomic mass is 9.80. The third-order valence-electron chi connectivity index (χ3n) is 4.99. The summed E-state index contributed by atoms with van der Waals surface area (Å²) in [7, 11) is 0. The third kappa shape index (κ3) is 2.34. The van der Waals surface area contributed by atoms with Crippen LogP contribution in [0.3, 0.4) is 0 Å². The summed E-state index contributed by atoms with van der Waals surface area (Å²) in [6.07, 6.45) is 0. The number of aromatic nitrogens is 2. The van der Waals surface area contributed by atoms with Gasteiger partial charge in [0.25, 0.3) is 5.56 Å². The summed E-state index contributed by atoms with van der Waals surface area (Å²) in [4.78, 5) is 29.5. The number of fused-ring (bicyclic) bond motifs is 4. The lowest BCUT2D eigenvalue weighted by molar-refractivity contribution is 0.474. The molecule has 132 valence electrons. The molecule has 4 N–H and O–H groups in total. The van der Waals surface area contributed by atoms with Gasteiger partial charge in [-0.2, -0.15) is 0 Å². The number of benzene rings is 3. The fraction of sp³-hybridized carbons (Fsp3) is 0.0476. The first kappa shape index (κ1) is 15.5. The number of hydrogen-bond donors (Lipinski definition) is 4. The Morgan fingerprint density at radius 3 is 2.56 bits per heavy atom. The van der Waals surface area contributed by atoms with Gasteiger partial charge < -0.3 is 10.4 Å². The smallest absolute Gasteiger partial charge is 0.327 e. The molecule has 0 aliphatic carbocycles. The molecular formula is C21H15N3O3. The maximum Gasteiger partial charge on any atom is 0.327 e. The first-order valence-corrected chi connectivity index (χ1v) is 8.56. The summed E-state index contributed by atoms with van der Waals surface area (Å²) >= 11 is 0. The first-order valence-electron chi connectivity index (χ1n) is 8.56. The van der Waals surface area contributed by atoms with Crippen molar-refractivity contribution in [2.75, 3.05) is 5.32 Å². The topological polar surface area (TPSA) is 98.0 Å². The molecule has 1 atom stereocenters. The lowest BCUT2D eigenvalue weighted by Crippen LogP contribution is -2.31. The van der Waals surface area contributed by atoms with E-state index in [1.807, 2.05) is 42.5 Å². The number of H-pyrrole nitrogens is 2.